The Kier molecular flexibility index (Phi) is 3.99. The molecule has 1 aromatic rings. The average molecular weight is 251 g/mol. The monoisotopic (exact) mass is 251 g/mol. The molecule has 4 nitrogen and oxygen atoms in total. The minimum absolute atomic E-state index is 0.0969. The highest BCUT2D eigenvalue weighted by Gasteiger charge is 2.21. The fourth-order valence-corrected chi connectivity index (χ4v) is 2.21. The molecule has 3 N–H and O–H groups in total. The number of amides is 1. The molecule has 0 atom stereocenters. The van der Waals surface area contributed by atoms with Gasteiger partial charge in [-0.2, -0.15) is 0 Å². The number of nitrogens with one attached hydrogen (secondary N) is 1. The minimum Gasteiger partial charge on any atom is -0.423 e. The molecule has 2 rings (SSSR count). The Hall–Kier alpha value is -1.40. The summed E-state index contributed by atoms with van der Waals surface area (Å²) in [6.45, 7) is 0. The molecule has 1 fully saturated rings. The van der Waals surface area contributed by atoms with Crippen molar-refractivity contribution in [2.45, 2.75) is 31.7 Å². The molecule has 0 aromatic heterocycles. The summed E-state index contributed by atoms with van der Waals surface area (Å²) in [6.07, 6.45) is 3.97. The molecule has 1 saturated carbocycles. The van der Waals surface area contributed by atoms with Crippen LogP contribution in [0.5, 0.6) is 0 Å². The van der Waals surface area contributed by atoms with Crippen LogP contribution >= 0.6 is 0 Å². The van der Waals surface area contributed by atoms with Gasteiger partial charge in [-0.3, -0.25) is 4.79 Å². The Morgan fingerprint density at radius 3 is 2.61 bits per heavy atom. The van der Waals surface area contributed by atoms with Crippen LogP contribution in [0, 0.1) is 5.82 Å². The second kappa shape index (κ2) is 5.50. The van der Waals surface area contributed by atoms with Crippen LogP contribution in [0.15, 0.2) is 18.2 Å². The molecule has 0 spiro atoms. The number of carbonyl (C=O) groups excluding carboxylic acids is 1. The summed E-state index contributed by atoms with van der Waals surface area (Å²) in [7, 11) is -1.70. The summed E-state index contributed by atoms with van der Waals surface area (Å²) in [6, 6.07) is 3.58. The van der Waals surface area contributed by atoms with Gasteiger partial charge in [-0.25, -0.2) is 4.39 Å². The van der Waals surface area contributed by atoms with Crippen molar-refractivity contribution < 1.29 is 19.2 Å². The SMILES string of the molecule is O=C(NC1CCCC1)c1cc(B(O)O)ccc1F. The predicted molar refractivity (Wildman–Crippen MR) is 65.9 cm³/mol. The normalized spacial score (nSPS) is 15.7. The van der Waals surface area contributed by atoms with Gasteiger partial charge in [0.1, 0.15) is 5.82 Å². The van der Waals surface area contributed by atoms with Gasteiger partial charge < -0.3 is 15.4 Å². The molecule has 1 aromatic carbocycles. The van der Waals surface area contributed by atoms with Gasteiger partial charge in [0.15, 0.2) is 0 Å². The molecule has 0 bridgehead atoms. The molecule has 0 saturated heterocycles. The van der Waals surface area contributed by atoms with Crippen LogP contribution in [0.1, 0.15) is 36.0 Å². The van der Waals surface area contributed by atoms with Crippen LogP contribution in [0.4, 0.5) is 4.39 Å². The summed E-state index contributed by atoms with van der Waals surface area (Å²) in [5.74, 6) is -1.16. The van der Waals surface area contributed by atoms with E-state index in [1.54, 1.807) is 0 Å². The Morgan fingerprint density at radius 2 is 2.00 bits per heavy atom. The molecule has 1 aliphatic carbocycles. The first-order chi connectivity index (χ1) is 8.58. The third kappa shape index (κ3) is 2.89. The van der Waals surface area contributed by atoms with Crippen molar-refractivity contribution in [3.8, 4) is 0 Å². The number of halogens is 1. The van der Waals surface area contributed by atoms with E-state index in [9.17, 15) is 9.18 Å². The molecular formula is C12H15BFNO3. The van der Waals surface area contributed by atoms with Gasteiger partial charge in [-0.1, -0.05) is 18.9 Å². The molecule has 1 aliphatic rings. The first-order valence-corrected chi connectivity index (χ1v) is 6.04. The molecule has 0 heterocycles. The van der Waals surface area contributed by atoms with Gasteiger partial charge in [0.2, 0.25) is 0 Å². The van der Waals surface area contributed by atoms with E-state index in [4.69, 9.17) is 10.0 Å². The lowest BCUT2D eigenvalue weighted by Crippen LogP contribution is -2.35. The van der Waals surface area contributed by atoms with Crippen molar-refractivity contribution in [3.63, 3.8) is 0 Å². The summed E-state index contributed by atoms with van der Waals surface area (Å²) >= 11 is 0. The first-order valence-electron chi connectivity index (χ1n) is 6.04. The Balaban J connectivity index is 2.15. The van der Waals surface area contributed by atoms with Crippen molar-refractivity contribution in [2.75, 3.05) is 0 Å². The highest BCUT2D eigenvalue weighted by atomic mass is 19.1. The van der Waals surface area contributed by atoms with Crippen LogP contribution in [0.2, 0.25) is 0 Å². The van der Waals surface area contributed by atoms with Crippen molar-refractivity contribution >= 4 is 18.5 Å². The zero-order chi connectivity index (χ0) is 13.1. The molecule has 96 valence electrons. The van der Waals surface area contributed by atoms with Crippen molar-refractivity contribution in [1.29, 1.82) is 0 Å². The Morgan fingerprint density at radius 1 is 1.33 bits per heavy atom. The number of benzene rings is 1. The standard InChI is InChI=1S/C12H15BFNO3/c14-11-6-5-8(13(17)18)7-10(11)12(16)15-9-3-1-2-4-9/h5-7,9,17-18H,1-4H2,(H,15,16). The molecule has 0 aliphatic heterocycles. The van der Waals surface area contributed by atoms with Crippen molar-refractivity contribution in [3.05, 3.63) is 29.6 Å². The molecule has 18 heavy (non-hydrogen) atoms. The van der Waals surface area contributed by atoms with E-state index in [0.29, 0.717) is 0 Å². The van der Waals surface area contributed by atoms with Crippen LogP contribution in [-0.2, 0) is 0 Å². The minimum atomic E-state index is -1.70. The summed E-state index contributed by atoms with van der Waals surface area (Å²) < 4.78 is 13.5. The number of rotatable bonds is 3. The van der Waals surface area contributed by atoms with E-state index in [1.165, 1.54) is 12.1 Å². The van der Waals surface area contributed by atoms with Crippen LogP contribution in [-0.4, -0.2) is 29.1 Å². The molecule has 1 amide bonds. The maximum Gasteiger partial charge on any atom is 0.488 e. The average Bonchev–Trinajstić information content (AvgIpc) is 2.81. The molecular weight excluding hydrogens is 236 g/mol. The van der Waals surface area contributed by atoms with Gasteiger partial charge in [0.05, 0.1) is 5.56 Å². The topological polar surface area (TPSA) is 69.6 Å². The summed E-state index contributed by atoms with van der Waals surface area (Å²) in [5.41, 5.74) is -0.0412. The second-order valence-corrected chi connectivity index (χ2v) is 4.57. The second-order valence-electron chi connectivity index (χ2n) is 4.57. The van der Waals surface area contributed by atoms with Crippen LogP contribution in [0.3, 0.4) is 0 Å². The van der Waals surface area contributed by atoms with E-state index in [1.807, 2.05) is 0 Å². The van der Waals surface area contributed by atoms with E-state index in [2.05, 4.69) is 5.32 Å². The summed E-state index contributed by atoms with van der Waals surface area (Å²) in [5, 5.41) is 20.8. The zero-order valence-corrected chi connectivity index (χ0v) is 9.90. The van der Waals surface area contributed by atoms with Crippen molar-refractivity contribution in [1.82, 2.24) is 5.32 Å². The van der Waals surface area contributed by atoms with Gasteiger partial charge in [-0.05, 0) is 30.4 Å². The lowest BCUT2D eigenvalue weighted by Gasteiger charge is -2.13. The Labute approximate surface area is 105 Å². The molecule has 0 unspecified atom stereocenters. The van der Waals surface area contributed by atoms with E-state index >= 15 is 0 Å². The fraction of sp³-hybridized carbons (Fsp3) is 0.417. The molecule has 0 radical (unpaired) electrons. The predicted octanol–water partition coefficient (Wildman–Crippen LogP) is 0.178. The zero-order valence-electron chi connectivity index (χ0n) is 9.90. The largest absolute Gasteiger partial charge is 0.488 e. The van der Waals surface area contributed by atoms with Gasteiger partial charge in [-0.15, -0.1) is 0 Å². The third-order valence-electron chi connectivity index (χ3n) is 3.22. The molecule has 6 heteroatoms. The van der Waals surface area contributed by atoms with E-state index in [0.717, 1.165) is 31.7 Å². The Bertz CT molecular complexity index is 447. The lowest BCUT2D eigenvalue weighted by molar-refractivity contribution is 0.0934. The quantitative estimate of drug-likeness (QED) is 0.671. The third-order valence-corrected chi connectivity index (χ3v) is 3.22. The highest BCUT2D eigenvalue weighted by molar-refractivity contribution is 6.58. The lowest BCUT2D eigenvalue weighted by atomic mass is 9.79. The highest BCUT2D eigenvalue weighted by Crippen LogP contribution is 2.18. The van der Waals surface area contributed by atoms with Gasteiger partial charge >= 0.3 is 7.12 Å². The smallest absolute Gasteiger partial charge is 0.423 e. The number of hydrogen-bond acceptors (Lipinski definition) is 3. The summed E-state index contributed by atoms with van der Waals surface area (Å²) in [4.78, 5) is 11.9. The number of hydrogen-bond donors (Lipinski definition) is 3. The van der Waals surface area contributed by atoms with Gasteiger partial charge in [0, 0.05) is 6.04 Å². The maximum absolute atomic E-state index is 13.5. The van der Waals surface area contributed by atoms with E-state index in [-0.39, 0.29) is 17.1 Å². The van der Waals surface area contributed by atoms with Crippen molar-refractivity contribution in [2.24, 2.45) is 0 Å². The van der Waals surface area contributed by atoms with Crippen LogP contribution < -0.4 is 10.8 Å². The fourth-order valence-electron chi connectivity index (χ4n) is 2.21. The maximum atomic E-state index is 13.5. The van der Waals surface area contributed by atoms with Gasteiger partial charge in [0.25, 0.3) is 5.91 Å². The van der Waals surface area contributed by atoms with Crippen LogP contribution in [0.25, 0.3) is 0 Å². The first kappa shape index (κ1) is 13.0. The van der Waals surface area contributed by atoms with E-state index < -0.39 is 18.8 Å². The number of carbonyl (C=O) groups is 1.